The molecule has 0 fully saturated rings. The molecule has 2 aliphatic rings. The molecule has 36 heavy (non-hydrogen) atoms. The molecule has 0 spiro atoms. The van der Waals surface area contributed by atoms with Crippen molar-refractivity contribution in [2.75, 3.05) is 6.61 Å². The number of fused-ring (bicyclic) bond motifs is 1. The topological polar surface area (TPSA) is 20.2 Å². The van der Waals surface area contributed by atoms with Crippen LogP contribution >= 0.6 is 0 Å². The maximum absolute atomic E-state index is 9.58. The van der Waals surface area contributed by atoms with Crippen molar-refractivity contribution in [3.63, 3.8) is 0 Å². The summed E-state index contributed by atoms with van der Waals surface area (Å²) in [5.41, 5.74) is 8.68. The molecule has 3 rings (SSSR count). The molecule has 196 valence electrons. The highest BCUT2D eigenvalue weighted by atomic mass is 16.3. The summed E-state index contributed by atoms with van der Waals surface area (Å²) in [6.45, 7) is 10.9. The second-order valence-electron chi connectivity index (χ2n) is 11.2. The molecule has 0 aromatic heterocycles. The molecule has 0 radical (unpaired) electrons. The predicted octanol–water partition coefficient (Wildman–Crippen LogP) is 9.27. The first-order valence-corrected chi connectivity index (χ1v) is 14.7. The predicted molar refractivity (Wildman–Crippen MR) is 157 cm³/mol. The van der Waals surface area contributed by atoms with E-state index in [1.54, 1.807) is 0 Å². The van der Waals surface area contributed by atoms with Gasteiger partial charge in [-0.05, 0) is 87.3 Å². The minimum Gasteiger partial charge on any atom is -0.396 e. The Balaban J connectivity index is 1.47. The van der Waals surface area contributed by atoms with E-state index < -0.39 is 0 Å². The Bertz CT molecular complexity index is 957. The molecule has 1 aromatic carbocycles. The number of allylic oxidation sites excluding steroid dienone is 9. The van der Waals surface area contributed by atoms with Crippen LogP contribution in [0.2, 0.25) is 0 Å². The lowest BCUT2D eigenvalue weighted by Gasteiger charge is -2.25. The van der Waals surface area contributed by atoms with Crippen LogP contribution in [0.3, 0.4) is 0 Å². The zero-order chi connectivity index (χ0) is 25.8. The van der Waals surface area contributed by atoms with Crippen molar-refractivity contribution in [2.45, 2.75) is 97.8 Å². The summed E-state index contributed by atoms with van der Waals surface area (Å²) in [6.07, 6.45) is 28.7. The van der Waals surface area contributed by atoms with Crippen LogP contribution in [-0.4, -0.2) is 11.7 Å². The van der Waals surface area contributed by atoms with Crippen LogP contribution in [0.5, 0.6) is 0 Å². The van der Waals surface area contributed by atoms with Crippen molar-refractivity contribution in [3.05, 3.63) is 94.6 Å². The fraction of sp³-hybridized carbons (Fsp3) is 0.543. The average Bonchev–Trinajstić information content (AvgIpc) is 2.89. The van der Waals surface area contributed by atoms with E-state index in [1.807, 2.05) is 0 Å². The Morgan fingerprint density at radius 2 is 1.56 bits per heavy atom. The van der Waals surface area contributed by atoms with E-state index in [-0.39, 0.29) is 6.61 Å². The van der Waals surface area contributed by atoms with E-state index in [9.17, 15) is 5.11 Å². The van der Waals surface area contributed by atoms with E-state index in [0.29, 0.717) is 17.8 Å². The second-order valence-corrected chi connectivity index (χ2v) is 11.2. The zero-order valence-corrected chi connectivity index (χ0v) is 23.3. The zero-order valence-electron chi connectivity index (χ0n) is 23.3. The molecule has 0 heterocycles. The summed E-state index contributed by atoms with van der Waals surface area (Å²) in [5.74, 6) is 1.46. The van der Waals surface area contributed by atoms with Gasteiger partial charge in [0, 0.05) is 18.4 Å². The monoisotopic (exact) mass is 486 g/mol. The largest absolute Gasteiger partial charge is 0.396 e. The molecule has 1 N–H and O–H groups in total. The summed E-state index contributed by atoms with van der Waals surface area (Å²) in [4.78, 5) is 0. The number of aryl methyl sites for hydroxylation is 3. The van der Waals surface area contributed by atoms with E-state index >= 15 is 0 Å². The van der Waals surface area contributed by atoms with Crippen molar-refractivity contribution in [1.82, 2.24) is 0 Å². The minimum absolute atomic E-state index is 0.279. The van der Waals surface area contributed by atoms with Crippen molar-refractivity contribution in [2.24, 2.45) is 17.8 Å². The first-order chi connectivity index (χ1) is 17.5. The molecule has 0 aliphatic heterocycles. The van der Waals surface area contributed by atoms with Crippen LogP contribution in [0.15, 0.2) is 78.0 Å². The summed E-state index contributed by atoms with van der Waals surface area (Å²) >= 11 is 0. The van der Waals surface area contributed by atoms with E-state index in [0.717, 1.165) is 38.5 Å². The SMILES string of the molecule is C=C(C)CC(CO)CCCCc1ccc(CCC2=CC3C=CC(CCCCC)=CC3C=C2)c(CC)c1. The van der Waals surface area contributed by atoms with Crippen LogP contribution in [-0.2, 0) is 19.3 Å². The molecule has 0 saturated carbocycles. The Morgan fingerprint density at radius 3 is 2.19 bits per heavy atom. The smallest absolute Gasteiger partial charge is 0.0462 e. The maximum Gasteiger partial charge on any atom is 0.0462 e. The van der Waals surface area contributed by atoms with Crippen molar-refractivity contribution in [3.8, 4) is 0 Å². The lowest BCUT2D eigenvalue weighted by molar-refractivity contribution is 0.215. The standard InChI is InChI=1S/C35H50O/c1-5-7-8-11-29-16-20-35-25-30(17-21-34(35)24-29)15-19-33-18-14-28(23-32(33)6-2)12-9-10-13-31(26-36)22-27(3)4/h14,16-18,20-21,23-25,31,34-36H,3,5-13,15,19,22,26H2,1-2,4H3. The molecule has 2 aliphatic carbocycles. The molecular weight excluding hydrogens is 436 g/mol. The lowest BCUT2D eigenvalue weighted by atomic mass is 9.79. The summed E-state index contributed by atoms with van der Waals surface area (Å²) < 4.78 is 0. The van der Waals surface area contributed by atoms with Crippen LogP contribution in [0.1, 0.15) is 95.2 Å². The van der Waals surface area contributed by atoms with Gasteiger partial charge >= 0.3 is 0 Å². The number of benzene rings is 1. The third-order valence-electron chi connectivity index (χ3n) is 7.95. The molecule has 1 aromatic rings. The van der Waals surface area contributed by atoms with Gasteiger partial charge in [-0.15, -0.1) is 6.58 Å². The summed E-state index contributed by atoms with van der Waals surface area (Å²) in [5, 5.41) is 9.58. The molecular formula is C35H50O. The van der Waals surface area contributed by atoms with Crippen LogP contribution in [0.4, 0.5) is 0 Å². The number of hydrogen-bond acceptors (Lipinski definition) is 1. The van der Waals surface area contributed by atoms with Gasteiger partial charge in [-0.25, -0.2) is 0 Å². The molecule has 3 unspecified atom stereocenters. The quantitative estimate of drug-likeness (QED) is 0.182. The normalized spacial score (nSPS) is 19.6. The first kappa shape index (κ1) is 28.5. The molecule has 3 atom stereocenters. The average molecular weight is 487 g/mol. The van der Waals surface area contributed by atoms with E-state index in [1.165, 1.54) is 71.9 Å². The number of aliphatic hydroxyl groups excluding tert-OH is 1. The molecule has 1 heteroatoms. The molecule has 0 saturated heterocycles. The minimum atomic E-state index is 0.279. The number of rotatable bonds is 16. The highest BCUT2D eigenvalue weighted by Crippen LogP contribution is 2.33. The van der Waals surface area contributed by atoms with E-state index in [4.69, 9.17) is 0 Å². The van der Waals surface area contributed by atoms with Crippen LogP contribution in [0, 0.1) is 17.8 Å². The second kappa shape index (κ2) is 15.2. The van der Waals surface area contributed by atoms with Gasteiger partial charge in [-0.2, -0.15) is 0 Å². The van der Waals surface area contributed by atoms with Crippen LogP contribution < -0.4 is 0 Å². The number of unbranched alkanes of at least 4 members (excludes halogenated alkanes) is 3. The molecule has 1 nitrogen and oxygen atoms in total. The fourth-order valence-electron chi connectivity index (χ4n) is 5.78. The molecule has 0 amide bonds. The Morgan fingerprint density at radius 1 is 0.861 bits per heavy atom. The first-order valence-electron chi connectivity index (χ1n) is 14.7. The third-order valence-corrected chi connectivity index (χ3v) is 7.95. The highest BCUT2D eigenvalue weighted by Gasteiger charge is 2.20. The van der Waals surface area contributed by atoms with Gasteiger partial charge in [-0.3, -0.25) is 0 Å². The van der Waals surface area contributed by atoms with Gasteiger partial charge in [0.25, 0.3) is 0 Å². The Hall–Kier alpha value is -2.12. The summed E-state index contributed by atoms with van der Waals surface area (Å²) in [7, 11) is 0. The van der Waals surface area contributed by atoms with Crippen molar-refractivity contribution in [1.29, 1.82) is 0 Å². The van der Waals surface area contributed by atoms with Gasteiger partial charge in [0.2, 0.25) is 0 Å². The number of aliphatic hydroxyl groups is 1. The third kappa shape index (κ3) is 9.07. The van der Waals surface area contributed by atoms with Gasteiger partial charge in [0.15, 0.2) is 0 Å². The van der Waals surface area contributed by atoms with E-state index in [2.05, 4.69) is 82.0 Å². The maximum atomic E-state index is 9.58. The number of hydrogen-bond donors (Lipinski definition) is 1. The van der Waals surface area contributed by atoms with Crippen molar-refractivity contribution >= 4 is 0 Å². The Kier molecular flexibility index (Phi) is 12.0. The molecule has 0 bridgehead atoms. The highest BCUT2D eigenvalue weighted by molar-refractivity contribution is 5.38. The fourth-order valence-corrected chi connectivity index (χ4v) is 5.78. The van der Waals surface area contributed by atoms with Crippen molar-refractivity contribution < 1.29 is 5.11 Å². The van der Waals surface area contributed by atoms with Gasteiger partial charge in [0.05, 0.1) is 0 Å². The summed E-state index contributed by atoms with van der Waals surface area (Å²) in [6, 6.07) is 7.18. The lowest BCUT2D eigenvalue weighted by Crippen LogP contribution is -2.13. The Labute approximate surface area is 221 Å². The van der Waals surface area contributed by atoms with Crippen LogP contribution in [0.25, 0.3) is 0 Å². The van der Waals surface area contributed by atoms with Gasteiger partial charge in [0.1, 0.15) is 0 Å². The van der Waals surface area contributed by atoms with Gasteiger partial charge in [-0.1, -0.05) is 104 Å². The van der Waals surface area contributed by atoms with Gasteiger partial charge < -0.3 is 5.11 Å².